The molecule has 3 aromatic rings. The number of ether oxygens (including phenoxy) is 1. The quantitative estimate of drug-likeness (QED) is 0.363. The molecule has 1 amide bonds. The van der Waals surface area contributed by atoms with Crippen molar-refractivity contribution in [1.82, 2.24) is 4.72 Å². The Morgan fingerprint density at radius 2 is 1.50 bits per heavy atom. The third kappa shape index (κ3) is 6.56. The molecule has 0 atom stereocenters. The summed E-state index contributed by atoms with van der Waals surface area (Å²) in [6.45, 7) is 1.37. The highest BCUT2D eigenvalue weighted by molar-refractivity contribution is 9.10. The number of sulfonamides is 2. The van der Waals surface area contributed by atoms with E-state index in [2.05, 4.69) is 30.7 Å². The molecule has 0 fully saturated rings. The van der Waals surface area contributed by atoms with E-state index in [0.717, 1.165) is 4.47 Å². The first kappa shape index (κ1) is 25.7. The second-order valence-electron chi connectivity index (χ2n) is 7.10. The molecule has 0 saturated heterocycles. The van der Waals surface area contributed by atoms with Crippen molar-refractivity contribution in [3.63, 3.8) is 0 Å². The molecule has 0 bridgehead atoms. The number of carbonyl (C=O) groups excluding carboxylic acids is 1. The molecule has 3 N–H and O–H groups in total. The third-order valence-electron chi connectivity index (χ3n) is 4.66. The number of rotatable bonds is 9. The van der Waals surface area contributed by atoms with Crippen LogP contribution in [0.25, 0.3) is 0 Å². The monoisotopic (exact) mass is 567 g/mol. The summed E-state index contributed by atoms with van der Waals surface area (Å²) in [6.07, 6.45) is 0. The molecule has 3 rings (SSSR count). The lowest BCUT2D eigenvalue weighted by molar-refractivity contribution is -0.118. The summed E-state index contributed by atoms with van der Waals surface area (Å²) in [5.41, 5.74) is 1.43. The first-order valence-corrected chi connectivity index (χ1v) is 13.6. The van der Waals surface area contributed by atoms with Crippen molar-refractivity contribution in [2.75, 3.05) is 23.7 Å². The van der Waals surface area contributed by atoms with Gasteiger partial charge < -0.3 is 10.1 Å². The van der Waals surface area contributed by atoms with Crippen molar-refractivity contribution in [2.24, 2.45) is 0 Å². The Hall–Kier alpha value is -2.93. The van der Waals surface area contributed by atoms with Gasteiger partial charge in [0, 0.05) is 15.8 Å². The molecular weight excluding hydrogens is 546 g/mol. The van der Waals surface area contributed by atoms with Crippen LogP contribution in [0, 0.1) is 6.92 Å². The smallest absolute Gasteiger partial charge is 0.262 e. The van der Waals surface area contributed by atoms with Gasteiger partial charge in [0.25, 0.3) is 15.9 Å². The normalized spacial score (nSPS) is 11.6. The van der Waals surface area contributed by atoms with Gasteiger partial charge in [-0.2, -0.15) is 0 Å². The van der Waals surface area contributed by atoms with E-state index in [4.69, 9.17) is 4.74 Å². The van der Waals surface area contributed by atoms with E-state index in [-0.39, 0.29) is 16.4 Å². The summed E-state index contributed by atoms with van der Waals surface area (Å²) in [5.74, 6) is -0.211. The first-order chi connectivity index (χ1) is 16.0. The number of hydrogen-bond acceptors (Lipinski definition) is 6. The van der Waals surface area contributed by atoms with E-state index < -0.39 is 26.0 Å². The zero-order valence-electron chi connectivity index (χ0n) is 18.2. The van der Waals surface area contributed by atoms with Crippen LogP contribution in [0.1, 0.15) is 5.56 Å². The minimum absolute atomic E-state index is 0.0189. The van der Waals surface area contributed by atoms with Gasteiger partial charge in [-0.05, 0) is 80.2 Å². The highest BCUT2D eigenvalue weighted by atomic mass is 79.9. The molecular formula is C22H22BrN3O6S2. The Morgan fingerprint density at radius 3 is 2.12 bits per heavy atom. The lowest BCUT2D eigenvalue weighted by Gasteiger charge is -2.12. The molecule has 0 aromatic heterocycles. The van der Waals surface area contributed by atoms with E-state index in [1.54, 1.807) is 37.3 Å². The van der Waals surface area contributed by atoms with Gasteiger partial charge in [-0.15, -0.1) is 0 Å². The summed E-state index contributed by atoms with van der Waals surface area (Å²) in [6, 6.07) is 16.7. The van der Waals surface area contributed by atoms with Crippen molar-refractivity contribution in [1.29, 1.82) is 0 Å². The van der Waals surface area contributed by atoms with Gasteiger partial charge in [-0.3, -0.25) is 9.52 Å². The SMILES string of the molecule is CNS(=O)(=O)c1ccc(C)c(NC(=O)COc2ccc(S(=O)(=O)Nc3ccc(Br)cc3)cc2)c1. The van der Waals surface area contributed by atoms with Crippen LogP contribution in [0.2, 0.25) is 0 Å². The Bertz CT molecular complexity index is 1390. The largest absolute Gasteiger partial charge is 0.484 e. The van der Waals surface area contributed by atoms with Crippen LogP contribution in [0.5, 0.6) is 5.75 Å². The van der Waals surface area contributed by atoms with Crippen LogP contribution < -0.4 is 19.5 Å². The van der Waals surface area contributed by atoms with Crippen LogP contribution in [0.15, 0.2) is 81.0 Å². The van der Waals surface area contributed by atoms with Gasteiger partial charge in [0.2, 0.25) is 10.0 Å². The fourth-order valence-corrected chi connectivity index (χ4v) is 4.88. The van der Waals surface area contributed by atoms with Gasteiger partial charge >= 0.3 is 0 Å². The second kappa shape index (κ2) is 10.6. The predicted molar refractivity (Wildman–Crippen MR) is 133 cm³/mol. The number of amides is 1. The van der Waals surface area contributed by atoms with Crippen molar-refractivity contribution < 1.29 is 26.4 Å². The molecule has 3 aromatic carbocycles. The molecule has 0 spiro atoms. The van der Waals surface area contributed by atoms with Crippen molar-refractivity contribution in [3.8, 4) is 5.75 Å². The van der Waals surface area contributed by atoms with E-state index in [1.807, 2.05) is 0 Å². The Labute approximate surface area is 206 Å². The standard InChI is InChI=1S/C22H22BrN3O6S2/c1-15-3-10-20(33(28,29)24-2)13-21(15)25-22(27)14-32-18-8-11-19(12-9-18)34(30,31)26-17-6-4-16(23)5-7-17/h3-13,24,26H,14H2,1-2H3,(H,25,27). The van der Waals surface area contributed by atoms with E-state index in [9.17, 15) is 21.6 Å². The van der Waals surface area contributed by atoms with Crippen LogP contribution >= 0.6 is 15.9 Å². The van der Waals surface area contributed by atoms with Crippen LogP contribution in [0.3, 0.4) is 0 Å². The lowest BCUT2D eigenvalue weighted by atomic mass is 10.2. The number of benzene rings is 3. The Balaban J connectivity index is 1.62. The van der Waals surface area contributed by atoms with E-state index in [1.165, 1.54) is 43.4 Å². The molecule has 9 nitrogen and oxygen atoms in total. The fraction of sp³-hybridized carbons (Fsp3) is 0.136. The van der Waals surface area contributed by atoms with Crippen LogP contribution in [-0.2, 0) is 24.8 Å². The highest BCUT2D eigenvalue weighted by Gasteiger charge is 2.16. The molecule has 180 valence electrons. The molecule has 34 heavy (non-hydrogen) atoms. The molecule has 0 radical (unpaired) electrons. The summed E-state index contributed by atoms with van der Waals surface area (Å²) in [7, 11) is -6.15. The summed E-state index contributed by atoms with van der Waals surface area (Å²) in [5, 5.41) is 2.62. The van der Waals surface area contributed by atoms with E-state index in [0.29, 0.717) is 22.7 Å². The average Bonchev–Trinajstić information content (AvgIpc) is 2.80. The summed E-state index contributed by atoms with van der Waals surface area (Å²) < 4.78 is 60.0. The number of aryl methyl sites for hydroxylation is 1. The predicted octanol–water partition coefficient (Wildman–Crippen LogP) is 3.48. The van der Waals surface area contributed by atoms with Crippen molar-refractivity contribution >= 4 is 53.3 Å². The average molecular weight is 568 g/mol. The zero-order chi connectivity index (χ0) is 24.9. The highest BCUT2D eigenvalue weighted by Crippen LogP contribution is 2.22. The maximum Gasteiger partial charge on any atom is 0.262 e. The fourth-order valence-electron chi connectivity index (χ4n) is 2.80. The van der Waals surface area contributed by atoms with Gasteiger partial charge in [0.05, 0.1) is 9.79 Å². The van der Waals surface area contributed by atoms with Crippen molar-refractivity contribution in [2.45, 2.75) is 16.7 Å². The topological polar surface area (TPSA) is 131 Å². The first-order valence-electron chi connectivity index (χ1n) is 9.85. The minimum atomic E-state index is -3.79. The molecule has 0 heterocycles. The Kier molecular flexibility index (Phi) is 7.97. The van der Waals surface area contributed by atoms with Crippen LogP contribution in [-0.4, -0.2) is 36.4 Å². The molecule has 0 aliphatic carbocycles. The molecule has 0 unspecified atom stereocenters. The van der Waals surface area contributed by atoms with Gasteiger partial charge in [0.1, 0.15) is 5.75 Å². The maximum absolute atomic E-state index is 12.5. The van der Waals surface area contributed by atoms with Gasteiger partial charge in [-0.1, -0.05) is 22.0 Å². The molecule has 12 heteroatoms. The van der Waals surface area contributed by atoms with E-state index >= 15 is 0 Å². The van der Waals surface area contributed by atoms with Crippen LogP contribution in [0.4, 0.5) is 11.4 Å². The lowest BCUT2D eigenvalue weighted by Crippen LogP contribution is -2.22. The third-order valence-corrected chi connectivity index (χ3v) is 8.00. The number of carbonyl (C=O) groups is 1. The Morgan fingerprint density at radius 1 is 0.882 bits per heavy atom. The number of halogens is 1. The summed E-state index contributed by atoms with van der Waals surface area (Å²) in [4.78, 5) is 12.4. The van der Waals surface area contributed by atoms with Gasteiger partial charge in [-0.25, -0.2) is 21.6 Å². The zero-order valence-corrected chi connectivity index (χ0v) is 21.4. The molecule has 0 aliphatic rings. The van der Waals surface area contributed by atoms with Crippen molar-refractivity contribution in [3.05, 3.63) is 76.8 Å². The summed E-state index contributed by atoms with van der Waals surface area (Å²) >= 11 is 3.29. The number of anilines is 2. The number of hydrogen-bond donors (Lipinski definition) is 3. The molecule has 0 aliphatic heterocycles. The number of nitrogens with one attached hydrogen (secondary N) is 3. The maximum atomic E-state index is 12.5. The minimum Gasteiger partial charge on any atom is -0.484 e. The van der Waals surface area contributed by atoms with Gasteiger partial charge in [0.15, 0.2) is 6.61 Å². The second-order valence-corrected chi connectivity index (χ2v) is 11.6. The molecule has 0 saturated carbocycles.